The first-order valence-corrected chi connectivity index (χ1v) is 8.14. The van der Waals surface area contributed by atoms with Crippen LogP contribution in [0.5, 0.6) is 11.5 Å². The van der Waals surface area contributed by atoms with E-state index in [1.165, 1.54) is 6.33 Å². The molecule has 2 aromatic carbocycles. The summed E-state index contributed by atoms with van der Waals surface area (Å²) in [6.45, 7) is 0. The van der Waals surface area contributed by atoms with Gasteiger partial charge in [0.15, 0.2) is 0 Å². The topological polar surface area (TPSA) is 76.6 Å². The molecular formula is C19H18N4O3. The number of fused-ring (bicyclic) bond motifs is 2. The Bertz CT molecular complexity index is 1020. The maximum atomic E-state index is 11.9. The van der Waals surface area contributed by atoms with Gasteiger partial charge in [0.1, 0.15) is 29.2 Å². The second kappa shape index (κ2) is 6.18. The largest absolute Gasteiger partial charge is 0.497 e. The highest BCUT2D eigenvalue weighted by atomic mass is 16.5. The Morgan fingerprint density at radius 3 is 2.73 bits per heavy atom. The van der Waals surface area contributed by atoms with Gasteiger partial charge >= 0.3 is 0 Å². The van der Waals surface area contributed by atoms with Gasteiger partial charge in [0.2, 0.25) is 5.91 Å². The fourth-order valence-corrected chi connectivity index (χ4v) is 3.17. The van der Waals surface area contributed by atoms with Crippen LogP contribution in [0.2, 0.25) is 0 Å². The molecule has 0 radical (unpaired) electrons. The van der Waals surface area contributed by atoms with E-state index in [0.29, 0.717) is 29.3 Å². The van der Waals surface area contributed by atoms with Crippen molar-refractivity contribution < 1.29 is 14.3 Å². The van der Waals surface area contributed by atoms with Gasteiger partial charge < -0.3 is 19.7 Å². The minimum absolute atomic E-state index is 0.0964. The first kappa shape index (κ1) is 16.1. The Hall–Kier alpha value is -3.35. The summed E-state index contributed by atoms with van der Waals surface area (Å²) in [5, 5.41) is 4.11. The number of rotatable bonds is 4. The van der Waals surface area contributed by atoms with E-state index < -0.39 is 0 Å². The highest BCUT2D eigenvalue weighted by Crippen LogP contribution is 2.35. The molecule has 0 unspecified atom stereocenters. The normalized spacial score (nSPS) is 13.0. The fourth-order valence-electron chi connectivity index (χ4n) is 3.17. The molecule has 4 rings (SSSR count). The summed E-state index contributed by atoms with van der Waals surface area (Å²) in [5.41, 5.74) is 3.49. The van der Waals surface area contributed by atoms with Crippen molar-refractivity contribution in [2.75, 3.05) is 31.5 Å². The molecule has 1 N–H and O–H groups in total. The number of anilines is 3. The Morgan fingerprint density at radius 2 is 1.96 bits per heavy atom. The molecule has 0 spiro atoms. The number of amides is 1. The molecule has 7 heteroatoms. The Kier molecular flexibility index (Phi) is 3.84. The second-order valence-electron chi connectivity index (χ2n) is 6.05. The fraction of sp³-hybridized carbons (Fsp3) is 0.211. The van der Waals surface area contributed by atoms with Gasteiger partial charge in [-0.05, 0) is 29.8 Å². The number of hydrogen-bond acceptors (Lipinski definition) is 6. The summed E-state index contributed by atoms with van der Waals surface area (Å²) in [6.07, 6.45) is 1.90. The van der Waals surface area contributed by atoms with Crippen molar-refractivity contribution >= 4 is 34.0 Å². The molecule has 0 saturated carbocycles. The summed E-state index contributed by atoms with van der Waals surface area (Å²) < 4.78 is 10.8. The molecule has 2 heterocycles. The minimum Gasteiger partial charge on any atom is -0.497 e. The van der Waals surface area contributed by atoms with Gasteiger partial charge in [0.05, 0.1) is 26.0 Å². The lowest BCUT2D eigenvalue weighted by Gasteiger charge is -2.13. The number of benzene rings is 2. The molecule has 1 aliphatic heterocycles. The van der Waals surface area contributed by atoms with Crippen molar-refractivity contribution in [2.45, 2.75) is 6.42 Å². The lowest BCUT2D eigenvalue weighted by molar-refractivity contribution is -0.117. The standard InChI is InChI=1S/C19H18N4O3/c1-23-15-5-4-12(6-11(15)7-17(23)24)22-19-14-8-13(25-2)9-16(26-3)18(14)20-10-21-19/h4-6,8-10H,7H2,1-3H3,(H,20,21,22). The Labute approximate surface area is 150 Å². The zero-order valence-corrected chi connectivity index (χ0v) is 14.7. The van der Waals surface area contributed by atoms with Crippen LogP contribution >= 0.6 is 0 Å². The molecule has 7 nitrogen and oxygen atoms in total. The van der Waals surface area contributed by atoms with Crippen LogP contribution in [0.4, 0.5) is 17.2 Å². The summed E-state index contributed by atoms with van der Waals surface area (Å²) >= 11 is 0. The lowest BCUT2D eigenvalue weighted by atomic mass is 10.1. The number of aromatic nitrogens is 2. The van der Waals surface area contributed by atoms with E-state index in [2.05, 4.69) is 15.3 Å². The number of likely N-dealkylation sites (N-methyl/N-ethyl adjacent to an activating group) is 1. The van der Waals surface area contributed by atoms with Crippen molar-refractivity contribution in [1.82, 2.24) is 9.97 Å². The molecule has 132 valence electrons. The smallest absolute Gasteiger partial charge is 0.231 e. The number of nitrogens with one attached hydrogen (secondary N) is 1. The summed E-state index contributed by atoms with van der Waals surface area (Å²) in [6, 6.07) is 9.50. The van der Waals surface area contributed by atoms with Gasteiger partial charge in [-0.15, -0.1) is 0 Å². The van der Waals surface area contributed by atoms with Crippen LogP contribution in [0.25, 0.3) is 10.9 Å². The van der Waals surface area contributed by atoms with Gasteiger partial charge in [0, 0.05) is 24.5 Å². The molecule has 1 aromatic heterocycles. The zero-order valence-electron chi connectivity index (χ0n) is 14.7. The number of carbonyl (C=O) groups is 1. The average molecular weight is 350 g/mol. The van der Waals surface area contributed by atoms with E-state index in [-0.39, 0.29) is 5.91 Å². The van der Waals surface area contributed by atoms with Gasteiger partial charge in [-0.3, -0.25) is 4.79 Å². The highest BCUT2D eigenvalue weighted by molar-refractivity contribution is 6.01. The van der Waals surface area contributed by atoms with E-state index >= 15 is 0 Å². The molecule has 1 aliphatic rings. The zero-order chi connectivity index (χ0) is 18.3. The van der Waals surface area contributed by atoms with Crippen LogP contribution in [0.1, 0.15) is 5.56 Å². The SMILES string of the molecule is COc1cc(OC)c2ncnc(Nc3ccc4c(c3)CC(=O)N4C)c2c1. The molecular weight excluding hydrogens is 332 g/mol. The van der Waals surface area contributed by atoms with Gasteiger partial charge in [-0.2, -0.15) is 0 Å². The maximum Gasteiger partial charge on any atom is 0.231 e. The molecule has 26 heavy (non-hydrogen) atoms. The predicted octanol–water partition coefficient (Wildman–Crippen LogP) is 2.91. The number of methoxy groups -OCH3 is 2. The molecule has 0 aliphatic carbocycles. The highest BCUT2D eigenvalue weighted by Gasteiger charge is 2.24. The van der Waals surface area contributed by atoms with E-state index in [4.69, 9.17) is 9.47 Å². The number of carbonyl (C=O) groups excluding carboxylic acids is 1. The number of nitrogens with zero attached hydrogens (tertiary/aromatic N) is 3. The molecule has 3 aromatic rings. The van der Waals surface area contributed by atoms with Crippen LogP contribution in [0.3, 0.4) is 0 Å². The monoisotopic (exact) mass is 350 g/mol. The van der Waals surface area contributed by atoms with Gasteiger partial charge in [-0.1, -0.05) is 0 Å². The first-order chi connectivity index (χ1) is 12.6. The van der Waals surface area contributed by atoms with Crippen LogP contribution in [0.15, 0.2) is 36.7 Å². The van der Waals surface area contributed by atoms with Crippen molar-refractivity contribution in [1.29, 1.82) is 0 Å². The van der Waals surface area contributed by atoms with E-state index in [9.17, 15) is 4.79 Å². The Morgan fingerprint density at radius 1 is 1.12 bits per heavy atom. The van der Waals surface area contributed by atoms with Crippen LogP contribution < -0.4 is 19.7 Å². The van der Waals surface area contributed by atoms with Crippen LogP contribution in [-0.4, -0.2) is 37.1 Å². The first-order valence-electron chi connectivity index (χ1n) is 8.14. The Balaban J connectivity index is 1.76. The average Bonchev–Trinajstić information content (AvgIpc) is 2.94. The van der Waals surface area contributed by atoms with Crippen LogP contribution in [0, 0.1) is 0 Å². The van der Waals surface area contributed by atoms with Gasteiger partial charge in [-0.25, -0.2) is 9.97 Å². The van der Waals surface area contributed by atoms with Crippen molar-refractivity contribution in [2.24, 2.45) is 0 Å². The molecule has 1 amide bonds. The summed E-state index contributed by atoms with van der Waals surface area (Å²) in [4.78, 5) is 22.2. The summed E-state index contributed by atoms with van der Waals surface area (Å²) in [7, 11) is 4.99. The third-order valence-electron chi connectivity index (χ3n) is 4.55. The minimum atomic E-state index is 0.0964. The third-order valence-corrected chi connectivity index (χ3v) is 4.55. The maximum absolute atomic E-state index is 11.9. The second-order valence-corrected chi connectivity index (χ2v) is 6.05. The van der Waals surface area contributed by atoms with Crippen LogP contribution in [-0.2, 0) is 11.2 Å². The third kappa shape index (κ3) is 2.57. The number of ether oxygens (including phenoxy) is 2. The molecule has 0 fully saturated rings. The van der Waals surface area contributed by atoms with Crippen molar-refractivity contribution in [3.8, 4) is 11.5 Å². The van der Waals surface area contributed by atoms with Crippen molar-refractivity contribution in [3.63, 3.8) is 0 Å². The van der Waals surface area contributed by atoms with E-state index in [0.717, 1.165) is 22.3 Å². The lowest BCUT2D eigenvalue weighted by Crippen LogP contribution is -2.20. The molecule has 0 atom stereocenters. The quantitative estimate of drug-likeness (QED) is 0.780. The number of hydrogen-bond donors (Lipinski definition) is 1. The van der Waals surface area contributed by atoms with Gasteiger partial charge in [0.25, 0.3) is 0 Å². The predicted molar refractivity (Wildman–Crippen MR) is 99.5 cm³/mol. The van der Waals surface area contributed by atoms with E-state index in [1.54, 1.807) is 32.2 Å². The van der Waals surface area contributed by atoms with Crippen molar-refractivity contribution in [3.05, 3.63) is 42.2 Å². The molecule has 0 saturated heterocycles. The summed E-state index contributed by atoms with van der Waals surface area (Å²) in [5.74, 6) is 2.02. The van der Waals surface area contributed by atoms with E-state index in [1.807, 2.05) is 24.3 Å². The molecule has 0 bridgehead atoms.